The molecular weight excluding hydrogens is 362 g/mol. The van der Waals surface area contributed by atoms with E-state index in [1.54, 1.807) is 12.4 Å². The summed E-state index contributed by atoms with van der Waals surface area (Å²) in [5, 5.41) is 4.90. The van der Waals surface area contributed by atoms with Gasteiger partial charge in [-0.25, -0.2) is 0 Å². The highest BCUT2D eigenvalue weighted by Crippen LogP contribution is 2.30. The van der Waals surface area contributed by atoms with Crippen LogP contribution < -0.4 is 0 Å². The Bertz CT molecular complexity index is 836. The van der Waals surface area contributed by atoms with E-state index in [1.807, 2.05) is 41.3 Å². The van der Waals surface area contributed by atoms with E-state index < -0.39 is 0 Å². The maximum Gasteiger partial charge on any atom is 0.226 e. The van der Waals surface area contributed by atoms with Gasteiger partial charge in [-0.15, -0.1) is 0 Å². The second-order valence-corrected chi connectivity index (χ2v) is 7.56. The number of benzene rings is 1. The zero-order chi connectivity index (χ0) is 18.6. The van der Waals surface area contributed by atoms with Crippen molar-refractivity contribution >= 4 is 23.2 Å². The number of hydrogen-bond acceptors (Lipinski definition) is 4. The van der Waals surface area contributed by atoms with Crippen molar-refractivity contribution < 1.29 is 9.63 Å². The molecule has 0 saturated heterocycles. The lowest BCUT2D eigenvalue weighted by Crippen LogP contribution is -2.42. The van der Waals surface area contributed by atoms with E-state index in [-0.39, 0.29) is 17.9 Å². The number of carbonyl (C=O) groups is 1. The van der Waals surface area contributed by atoms with E-state index in [0.717, 1.165) is 36.1 Å². The Balaban J connectivity index is 1.45. The van der Waals surface area contributed by atoms with Gasteiger partial charge in [0.05, 0.1) is 12.3 Å². The zero-order valence-electron chi connectivity index (χ0n) is 15.1. The summed E-state index contributed by atoms with van der Waals surface area (Å²) in [6.45, 7) is 1.00. The smallest absolute Gasteiger partial charge is 0.226 e. The molecule has 1 aromatic carbocycles. The molecule has 0 radical (unpaired) electrons. The third-order valence-corrected chi connectivity index (χ3v) is 5.61. The molecule has 5 nitrogen and oxygen atoms in total. The fourth-order valence-electron chi connectivity index (χ4n) is 3.45. The fraction of sp³-hybridized carbons (Fsp3) is 0.381. The highest BCUT2D eigenvalue weighted by Gasteiger charge is 2.33. The summed E-state index contributed by atoms with van der Waals surface area (Å²) in [6, 6.07) is 11.5. The van der Waals surface area contributed by atoms with Crippen LogP contribution in [0.5, 0.6) is 0 Å². The lowest BCUT2D eigenvalue weighted by Gasteiger charge is -2.33. The number of aromatic nitrogens is 1. The normalized spacial score (nSPS) is 19.1. The molecule has 2 heterocycles. The van der Waals surface area contributed by atoms with E-state index >= 15 is 0 Å². The summed E-state index contributed by atoms with van der Waals surface area (Å²) < 4.78 is 0. The summed E-state index contributed by atoms with van der Waals surface area (Å²) in [4.78, 5) is 24.6. The Labute approximate surface area is 164 Å². The number of rotatable bonds is 6. The summed E-state index contributed by atoms with van der Waals surface area (Å²) in [6.07, 6.45) is 7.12. The molecule has 27 heavy (non-hydrogen) atoms. The zero-order valence-corrected chi connectivity index (χ0v) is 15.8. The number of pyridine rings is 1. The van der Waals surface area contributed by atoms with Crippen molar-refractivity contribution in [1.29, 1.82) is 0 Å². The minimum atomic E-state index is -0.147. The van der Waals surface area contributed by atoms with E-state index in [9.17, 15) is 4.79 Å². The average molecular weight is 384 g/mol. The van der Waals surface area contributed by atoms with Crippen LogP contribution in [0.3, 0.4) is 0 Å². The molecule has 1 fully saturated rings. The van der Waals surface area contributed by atoms with Crippen molar-refractivity contribution in [3.8, 4) is 0 Å². The summed E-state index contributed by atoms with van der Waals surface area (Å²) >= 11 is 6.32. The number of nitrogens with zero attached hydrogens (tertiary/aromatic N) is 3. The van der Waals surface area contributed by atoms with Gasteiger partial charge in [0.1, 0.15) is 0 Å². The van der Waals surface area contributed by atoms with Crippen molar-refractivity contribution in [2.24, 2.45) is 11.1 Å². The molecule has 1 saturated carbocycles. The first-order valence-corrected chi connectivity index (χ1v) is 9.74. The minimum Gasteiger partial charge on any atom is -0.390 e. The lowest BCUT2D eigenvalue weighted by molar-refractivity contribution is -0.140. The number of carbonyl (C=O) groups excluding carboxylic acids is 1. The van der Waals surface area contributed by atoms with Crippen molar-refractivity contribution in [3.63, 3.8) is 0 Å². The summed E-state index contributed by atoms with van der Waals surface area (Å²) in [5.74, 6) is 0.326. The first-order chi connectivity index (χ1) is 13.2. The van der Waals surface area contributed by atoms with Crippen molar-refractivity contribution in [2.75, 3.05) is 6.54 Å². The predicted molar refractivity (Wildman–Crippen MR) is 104 cm³/mol. The summed E-state index contributed by atoms with van der Waals surface area (Å²) in [5.41, 5.74) is 2.79. The third-order valence-electron chi connectivity index (χ3n) is 5.24. The molecule has 0 spiro atoms. The van der Waals surface area contributed by atoms with E-state index in [1.165, 1.54) is 0 Å². The van der Waals surface area contributed by atoms with E-state index in [2.05, 4.69) is 10.1 Å². The fourth-order valence-corrected chi connectivity index (χ4v) is 3.65. The molecule has 2 aliphatic rings. The SMILES string of the molecule is O=C(C1CCC1)N(Cc1ccccc1Cl)CC1CC(c2cccnc2)=NO1. The molecule has 1 atom stereocenters. The molecule has 1 aliphatic heterocycles. The average Bonchev–Trinajstić information content (AvgIpc) is 3.11. The summed E-state index contributed by atoms with van der Waals surface area (Å²) in [7, 11) is 0. The van der Waals surface area contributed by atoms with Gasteiger partial charge in [0.2, 0.25) is 5.91 Å². The van der Waals surface area contributed by atoms with Gasteiger partial charge >= 0.3 is 0 Å². The van der Waals surface area contributed by atoms with Crippen LogP contribution in [0.15, 0.2) is 53.9 Å². The Morgan fingerprint density at radius 3 is 2.78 bits per heavy atom. The number of halogens is 1. The number of hydrogen-bond donors (Lipinski definition) is 0. The molecule has 1 unspecified atom stereocenters. The van der Waals surface area contributed by atoms with Crippen LogP contribution in [-0.2, 0) is 16.2 Å². The molecule has 0 bridgehead atoms. The van der Waals surface area contributed by atoms with Crippen LogP contribution in [0.25, 0.3) is 0 Å². The van der Waals surface area contributed by atoms with Crippen molar-refractivity contribution in [1.82, 2.24) is 9.88 Å². The van der Waals surface area contributed by atoms with Gasteiger partial charge in [0.25, 0.3) is 0 Å². The topological polar surface area (TPSA) is 54.8 Å². The predicted octanol–water partition coefficient (Wildman–Crippen LogP) is 4.06. The first kappa shape index (κ1) is 18.0. The second kappa shape index (κ2) is 8.09. The number of amides is 1. The van der Waals surface area contributed by atoms with Crippen LogP contribution in [0.2, 0.25) is 5.02 Å². The Morgan fingerprint density at radius 1 is 1.22 bits per heavy atom. The van der Waals surface area contributed by atoms with Gasteiger partial charge in [-0.1, -0.05) is 41.4 Å². The standard InChI is InChI=1S/C21H22ClN3O2/c22-19-9-2-1-5-17(19)13-25(21(26)15-6-3-7-15)14-18-11-20(24-27-18)16-8-4-10-23-12-16/h1-2,4-5,8-10,12,15,18H,3,6-7,11,13-14H2. The van der Waals surface area contributed by atoms with Gasteiger partial charge in [0, 0.05) is 41.9 Å². The Hall–Kier alpha value is -2.40. The Kier molecular flexibility index (Phi) is 5.39. The maximum atomic E-state index is 13.0. The molecule has 1 aromatic heterocycles. The lowest BCUT2D eigenvalue weighted by atomic mass is 9.84. The third kappa shape index (κ3) is 4.14. The Morgan fingerprint density at radius 2 is 2.07 bits per heavy atom. The van der Waals surface area contributed by atoms with Crippen LogP contribution in [0.4, 0.5) is 0 Å². The van der Waals surface area contributed by atoms with Crippen LogP contribution in [0, 0.1) is 5.92 Å². The molecule has 1 amide bonds. The van der Waals surface area contributed by atoms with Gasteiger partial charge in [-0.3, -0.25) is 9.78 Å². The first-order valence-electron chi connectivity index (χ1n) is 9.36. The quantitative estimate of drug-likeness (QED) is 0.755. The monoisotopic (exact) mass is 383 g/mol. The van der Waals surface area contributed by atoms with Crippen molar-refractivity contribution in [2.45, 2.75) is 38.3 Å². The number of oxime groups is 1. The van der Waals surface area contributed by atoms with Crippen LogP contribution in [-0.4, -0.2) is 34.2 Å². The molecule has 1 aliphatic carbocycles. The molecule has 2 aromatic rings. The van der Waals surface area contributed by atoms with E-state index in [0.29, 0.717) is 24.5 Å². The molecule has 4 rings (SSSR count). The molecule has 6 heteroatoms. The van der Waals surface area contributed by atoms with Gasteiger partial charge in [0.15, 0.2) is 6.10 Å². The molecular formula is C21H22ClN3O2. The molecule has 140 valence electrons. The van der Waals surface area contributed by atoms with Crippen LogP contribution >= 0.6 is 11.6 Å². The maximum absolute atomic E-state index is 13.0. The van der Waals surface area contributed by atoms with Gasteiger partial charge in [-0.2, -0.15) is 0 Å². The highest BCUT2D eigenvalue weighted by molar-refractivity contribution is 6.31. The second-order valence-electron chi connectivity index (χ2n) is 7.15. The van der Waals surface area contributed by atoms with Gasteiger partial charge < -0.3 is 9.74 Å². The van der Waals surface area contributed by atoms with Crippen LogP contribution in [0.1, 0.15) is 36.8 Å². The largest absolute Gasteiger partial charge is 0.390 e. The van der Waals surface area contributed by atoms with Gasteiger partial charge in [-0.05, 0) is 36.6 Å². The van der Waals surface area contributed by atoms with E-state index in [4.69, 9.17) is 16.4 Å². The van der Waals surface area contributed by atoms with Crippen molar-refractivity contribution in [3.05, 3.63) is 64.9 Å². The molecule has 0 N–H and O–H groups in total. The highest BCUT2D eigenvalue weighted by atomic mass is 35.5. The minimum absolute atomic E-state index is 0.132.